The van der Waals surface area contributed by atoms with Gasteiger partial charge in [-0.15, -0.1) is 0 Å². The van der Waals surface area contributed by atoms with E-state index in [0.29, 0.717) is 0 Å². The zero-order valence-electron chi connectivity index (χ0n) is 12.2. The van der Waals surface area contributed by atoms with Crippen LogP contribution in [0.5, 0.6) is 0 Å². The summed E-state index contributed by atoms with van der Waals surface area (Å²) in [5.41, 5.74) is 1.28. The van der Waals surface area contributed by atoms with Crippen molar-refractivity contribution in [2.24, 2.45) is 0 Å². The summed E-state index contributed by atoms with van der Waals surface area (Å²) >= 11 is 0. The summed E-state index contributed by atoms with van der Waals surface area (Å²) in [6.07, 6.45) is 3.37. The molecule has 0 radical (unpaired) electrons. The maximum absolute atomic E-state index is 10.5. The molecular formula is C17H15NaO3. The van der Waals surface area contributed by atoms with E-state index in [9.17, 15) is 14.7 Å². The molecule has 0 saturated heterocycles. The van der Waals surface area contributed by atoms with E-state index < -0.39 is 5.97 Å². The molecule has 0 heterocycles. The molecule has 4 heteroatoms. The van der Waals surface area contributed by atoms with E-state index in [-0.39, 0.29) is 40.9 Å². The molecule has 0 spiro atoms. The second-order valence-corrected chi connectivity index (χ2v) is 4.01. The van der Waals surface area contributed by atoms with Crippen LogP contribution in [0.25, 0.3) is 6.08 Å². The van der Waals surface area contributed by atoms with Gasteiger partial charge in [0.15, 0.2) is 5.78 Å². The number of hydrogen-bond donors (Lipinski definition) is 0. The molecule has 0 atom stereocenters. The molecule has 0 aliphatic rings. The van der Waals surface area contributed by atoms with Crippen LogP contribution in [-0.4, -0.2) is 11.8 Å². The number of aromatic carboxylic acids is 1. The summed E-state index contributed by atoms with van der Waals surface area (Å²) in [7, 11) is 0. The van der Waals surface area contributed by atoms with Crippen molar-refractivity contribution in [1.82, 2.24) is 0 Å². The van der Waals surface area contributed by atoms with Gasteiger partial charge < -0.3 is 9.90 Å². The minimum atomic E-state index is -1.13. The molecule has 0 amide bonds. The van der Waals surface area contributed by atoms with Crippen LogP contribution in [0.3, 0.4) is 0 Å². The first-order valence-corrected chi connectivity index (χ1v) is 6.09. The van der Waals surface area contributed by atoms with Crippen molar-refractivity contribution < 1.29 is 44.3 Å². The molecule has 0 aliphatic carbocycles. The number of allylic oxidation sites excluding steroid dienone is 1. The van der Waals surface area contributed by atoms with Gasteiger partial charge in [-0.1, -0.05) is 66.7 Å². The zero-order chi connectivity index (χ0) is 14.8. The van der Waals surface area contributed by atoms with Crippen LogP contribution >= 0.6 is 0 Å². The smallest absolute Gasteiger partial charge is 0.545 e. The van der Waals surface area contributed by atoms with Gasteiger partial charge in [-0.3, -0.25) is 4.79 Å². The van der Waals surface area contributed by atoms with Gasteiger partial charge in [0.1, 0.15) is 0 Å². The number of ketones is 1. The van der Waals surface area contributed by atoms with Gasteiger partial charge in [0, 0.05) is 0 Å². The fraction of sp³-hybridized carbons (Fsp3) is 0.0588. The second kappa shape index (κ2) is 11.0. The number of carboxylic acid groups (broad SMARTS) is 1. The Balaban J connectivity index is 0.000000370. The predicted molar refractivity (Wildman–Crippen MR) is 76.9 cm³/mol. The largest absolute Gasteiger partial charge is 1.00 e. The molecule has 102 valence electrons. The summed E-state index contributed by atoms with van der Waals surface area (Å²) in [6.45, 7) is 1.54. The molecule has 3 nitrogen and oxygen atoms in total. The average Bonchev–Trinajstić information content (AvgIpc) is 2.48. The third-order valence-electron chi connectivity index (χ3n) is 2.32. The number of benzene rings is 2. The summed E-state index contributed by atoms with van der Waals surface area (Å²) in [6, 6.07) is 17.8. The summed E-state index contributed by atoms with van der Waals surface area (Å²) in [4.78, 5) is 20.6. The SMILES string of the molecule is CC(=O)C=Cc1ccccc1.O=C([O-])c1ccccc1.[Na+]. The van der Waals surface area contributed by atoms with E-state index in [4.69, 9.17) is 0 Å². The van der Waals surface area contributed by atoms with Gasteiger partial charge in [0.25, 0.3) is 0 Å². The van der Waals surface area contributed by atoms with Crippen LogP contribution in [0, 0.1) is 0 Å². The summed E-state index contributed by atoms with van der Waals surface area (Å²) in [5.74, 6) is -1.05. The molecule has 0 aromatic heterocycles. The van der Waals surface area contributed by atoms with Gasteiger partial charge >= 0.3 is 29.6 Å². The van der Waals surface area contributed by atoms with E-state index in [1.54, 1.807) is 31.2 Å². The van der Waals surface area contributed by atoms with Gasteiger partial charge in [-0.2, -0.15) is 0 Å². The fourth-order valence-electron chi connectivity index (χ4n) is 1.35. The van der Waals surface area contributed by atoms with E-state index in [1.807, 2.05) is 36.4 Å². The Bertz CT molecular complexity index is 577. The third-order valence-corrected chi connectivity index (χ3v) is 2.32. The maximum Gasteiger partial charge on any atom is 1.00 e. The van der Waals surface area contributed by atoms with Gasteiger partial charge in [-0.05, 0) is 24.1 Å². The zero-order valence-corrected chi connectivity index (χ0v) is 14.2. The Morgan fingerprint density at radius 3 is 1.76 bits per heavy atom. The van der Waals surface area contributed by atoms with E-state index in [1.165, 1.54) is 12.1 Å². The van der Waals surface area contributed by atoms with Crippen molar-refractivity contribution in [2.75, 3.05) is 0 Å². The predicted octanol–water partition coefficient (Wildman–Crippen LogP) is -0.657. The van der Waals surface area contributed by atoms with Crippen LogP contribution in [0.2, 0.25) is 0 Å². The number of carbonyl (C=O) groups is 2. The first kappa shape index (κ1) is 19.3. The molecule has 0 bridgehead atoms. The second-order valence-electron chi connectivity index (χ2n) is 4.01. The van der Waals surface area contributed by atoms with E-state index >= 15 is 0 Å². The van der Waals surface area contributed by atoms with Crippen molar-refractivity contribution in [3.8, 4) is 0 Å². The first-order chi connectivity index (χ1) is 9.59. The minimum Gasteiger partial charge on any atom is -0.545 e. The van der Waals surface area contributed by atoms with Crippen molar-refractivity contribution in [1.29, 1.82) is 0 Å². The van der Waals surface area contributed by atoms with E-state index in [2.05, 4.69) is 0 Å². The molecular weight excluding hydrogens is 275 g/mol. The van der Waals surface area contributed by atoms with E-state index in [0.717, 1.165) is 5.56 Å². The minimum absolute atomic E-state index is 0. The molecule has 0 saturated carbocycles. The first-order valence-electron chi connectivity index (χ1n) is 6.09. The summed E-state index contributed by atoms with van der Waals surface area (Å²) < 4.78 is 0. The Hall–Kier alpha value is -1.68. The Morgan fingerprint density at radius 2 is 1.38 bits per heavy atom. The van der Waals surface area contributed by atoms with Gasteiger partial charge in [0.2, 0.25) is 0 Å². The van der Waals surface area contributed by atoms with Crippen LogP contribution < -0.4 is 34.7 Å². The number of carbonyl (C=O) groups excluding carboxylic acids is 2. The molecule has 0 aliphatic heterocycles. The van der Waals surface area contributed by atoms with Gasteiger partial charge in [-0.25, -0.2) is 0 Å². The van der Waals surface area contributed by atoms with Crippen LogP contribution in [-0.2, 0) is 4.79 Å². The standard InChI is InChI=1S/C10H10O.C7H6O2.Na/c1-9(11)7-8-10-5-3-2-4-6-10;8-7(9)6-4-2-1-3-5-6;/h2-8H,1H3;1-5H,(H,8,9);/q;;+1/p-1. The van der Waals surface area contributed by atoms with Crippen molar-refractivity contribution >= 4 is 17.8 Å². The summed E-state index contributed by atoms with van der Waals surface area (Å²) in [5, 5.41) is 10.1. The molecule has 2 rings (SSSR count). The van der Waals surface area contributed by atoms with Crippen LogP contribution in [0.15, 0.2) is 66.7 Å². The van der Waals surface area contributed by atoms with Crippen LogP contribution in [0.1, 0.15) is 22.8 Å². The van der Waals surface area contributed by atoms with Crippen molar-refractivity contribution in [3.05, 3.63) is 77.9 Å². The monoisotopic (exact) mass is 290 g/mol. The van der Waals surface area contributed by atoms with Crippen molar-refractivity contribution in [2.45, 2.75) is 6.92 Å². The third kappa shape index (κ3) is 8.97. The topological polar surface area (TPSA) is 57.2 Å². The quantitative estimate of drug-likeness (QED) is 0.557. The molecule has 0 N–H and O–H groups in total. The molecule has 2 aromatic rings. The maximum atomic E-state index is 10.5. The Morgan fingerprint density at radius 1 is 0.905 bits per heavy atom. The fourth-order valence-corrected chi connectivity index (χ4v) is 1.35. The number of rotatable bonds is 3. The normalized spacial score (nSPS) is 9.19. The van der Waals surface area contributed by atoms with Crippen molar-refractivity contribution in [3.63, 3.8) is 0 Å². The molecule has 21 heavy (non-hydrogen) atoms. The molecule has 0 fully saturated rings. The Kier molecular flexibility index (Phi) is 10.1. The van der Waals surface area contributed by atoms with Crippen LogP contribution in [0.4, 0.5) is 0 Å². The molecule has 2 aromatic carbocycles. The Labute approximate surface area is 146 Å². The molecule has 0 unspecified atom stereocenters. The number of carboxylic acids is 1. The van der Waals surface area contributed by atoms with Gasteiger partial charge in [0.05, 0.1) is 5.97 Å². The average molecular weight is 290 g/mol. The number of hydrogen-bond acceptors (Lipinski definition) is 3.